The molecule has 0 aliphatic rings. The number of aromatic hydroxyl groups is 1. The molecule has 5 heteroatoms. The summed E-state index contributed by atoms with van der Waals surface area (Å²) in [4.78, 5) is 16.2. The zero-order valence-electron chi connectivity index (χ0n) is 12.8. The monoisotopic (exact) mass is 308 g/mol. The van der Waals surface area contributed by atoms with Crippen molar-refractivity contribution in [3.8, 4) is 5.75 Å². The lowest BCUT2D eigenvalue weighted by atomic mass is 10.1. The second kappa shape index (κ2) is 5.96. The Balaban J connectivity index is 2.12. The molecule has 1 heterocycles. The van der Waals surface area contributed by atoms with Crippen LogP contribution in [0.2, 0.25) is 0 Å². The zero-order chi connectivity index (χ0) is 16.4. The van der Waals surface area contributed by atoms with Gasteiger partial charge in [0.05, 0.1) is 18.2 Å². The summed E-state index contributed by atoms with van der Waals surface area (Å²) in [5, 5.41) is 13.7. The first kappa shape index (κ1) is 14.8. The highest BCUT2D eigenvalue weighted by molar-refractivity contribution is 5.99. The molecule has 0 spiro atoms. The Morgan fingerprint density at radius 1 is 1.17 bits per heavy atom. The molecule has 0 unspecified atom stereocenters. The van der Waals surface area contributed by atoms with Gasteiger partial charge >= 0.3 is 5.97 Å². The summed E-state index contributed by atoms with van der Waals surface area (Å²) in [6, 6.07) is 14.0. The van der Waals surface area contributed by atoms with E-state index in [1.807, 2.05) is 19.1 Å². The minimum atomic E-state index is -0.393. The van der Waals surface area contributed by atoms with E-state index in [9.17, 15) is 9.90 Å². The van der Waals surface area contributed by atoms with Gasteiger partial charge in [-0.25, -0.2) is 4.79 Å². The Labute approximate surface area is 133 Å². The van der Waals surface area contributed by atoms with Crippen LogP contribution >= 0.6 is 0 Å². The first-order valence-corrected chi connectivity index (χ1v) is 7.12. The summed E-state index contributed by atoms with van der Waals surface area (Å²) in [6.45, 7) is 1.90. The van der Waals surface area contributed by atoms with Gasteiger partial charge < -0.3 is 15.2 Å². The minimum absolute atomic E-state index is 0.181. The van der Waals surface area contributed by atoms with Crippen molar-refractivity contribution in [1.29, 1.82) is 0 Å². The predicted octanol–water partition coefficient (Wildman–Crippen LogP) is 3.78. The Bertz CT molecular complexity index is 891. The molecule has 0 radical (unpaired) electrons. The fourth-order valence-electron chi connectivity index (χ4n) is 2.45. The van der Waals surface area contributed by atoms with Crippen LogP contribution < -0.4 is 5.32 Å². The van der Waals surface area contributed by atoms with Crippen LogP contribution in [0.3, 0.4) is 0 Å². The lowest BCUT2D eigenvalue weighted by Gasteiger charge is -2.12. The Morgan fingerprint density at radius 2 is 2.00 bits per heavy atom. The van der Waals surface area contributed by atoms with Gasteiger partial charge in [-0.3, -0.25) is 4.98 Å². The number of benzene rings is 2. The van der Waals surface area contributed by atoms with Gasteiger partial charge in [0, 0.05) is 28.5 Å². The van der Waals surface area contributed by atoms with Gasteiger partial charge in [0.1, 0.15) is 5.75 Å². The van der Waals surface area contributed by atoms with Crippen molar-refractivity contribution < 1.29 is 14.6 Å². The number of methoxy groups -OCH3 is 1. The van der Waals surface area contributed by atoms with Crippen LogP contribution in [0.4, 0.5) is 11.4 Å². The normalized spacial score (nSPS) is 10.5. The van der Waals surface area contributed by atoms with Gasteiger partial charge in [-0.05, 0) is 43.3 Å². The summed E-state index contributed by atoms with van der Waals surface area (Å²) >= 11 is 0. The maximum absolute atomic E-state index is 11.7. The van der Waals surface area contributed by atoms with Crippen LogP contribution in [0.5, 0.6) is 5.75 Å². The second-order valence-corrected chi connectivity index (χ2v) is 5.21. The number of fused-ring (bicyclic) bond motifs is 1. The van der Waals surface area contributed by atoms with Gasteiger partial charge in [-0.2, -0.15) is 0 Å². The molecule has 3 aromatic rings. The fourth-order valence-corrected chi connectivity index (χ4v) is 2.45. The van der Waals surface area contributed by atoms with E-state index in [1.165, 1.54) is 7.11 Å². The van der Waals surface area contributed by atoms with Crippen molar-refractivity contribution in [2.75, 3.05) is 12.4 Å². The van der Waals surface area contributed by atoms with Crippen molar-refractivity contribution in [2.45, 2.75) is 6.92 Å². The van der Waals surface area contributed by atoms with E-state index in [4.69, 9.17) is 4.74 Å². The molecule has 116 valence electrons. The van der Waals surface area contributed by atoms with Crippen molar-refractivity contribution in [3.05, 3.63) is 59.8 Å². The molecule has 0 aliphatic carbocycles. The summed E-state index contributed by atoms with van der Waals surface area (Å²) in [7, 11) is 1.35. The molecule has 0 amide bonds. The number of nitrogens with one attached hydrogen (secondary N) is 1. The van der Waals surface area contributed by atoms with E-state index in [2.05, 4.69) is 10.3 Å². The summed E-state index contributed by atoms with van der Waals surface area (Å²) < 4.78 is 4.77. The number of phenolic OH excluding ortho intramolecular Hbond substituents is 1. The molecule has 2 aromatic carbocycles. The minimum Gasteiger partial charge on any atom is -0.508 e. The number of rotatable bonds is 3. The number of esters is 1. The Morgan fingerprint density at radius 3 is 2.74 bits per heavy atom. The average Bonchev–Trinajstić information content (AvgIpc) is 2.53. The van der Waals surface area contributed by atoms with Gasteiger partial charge in [0.15, 0.2) is 0 Å². The number of nitrogens with zero attached hydrogens (tertiary/aromatic N) is 1. The van der Waals surface area contributed by atoms with E-state index in [0.717, 1.165) is 28.0 Å². The quantitative estimate of drug-likeness (QED) is 0.720. The molecule has 0 atom stereocenters. The smallest absolute Gasteiger partial charge is 0.337 e. The van der Waals surface area contributed by atoms with Gasteiger partial charge in [0.2, 0.25) is 0 Å². The number of pyridine rings is 1. The number of anilines is 2. The summed E-state index contributed by atoms with van der Waals surface area (Å²) in [6.07, 6.45) is 0. The van der Waals surface area contributed by atoms with E-state index in [1.54, 1.807) is 36.4 Å². The second-order valence-electron chi connectivity index (χ2n) is 5.21. The topological polar surface area (TPSA) is 71.5 Å². The highest BCUT2D eigenvalue weighted by Crippen LogP contribution is 2.28. The van der Waals surface area contributed by atoms with E-state index in [-0.39, 0.29) is 5.75 Å². The van der Waals surface area contributed by atoms with Crippen LogP contribution in [-0.4, -0.2) is 23.2 Å². The summed E-state index contributed by atoms with van der Waals surface area (Å²) in [5.74, 6) is -0.212. The third-order valence-electron chi connectivity index (χ3n) is 3.48. The predicted molar refractivity (Wildman–Crippen MR) is 89.2 cm³/mol. The molecule has 2 N–H and O–H groups in total. The van der Waals surface area contributed by atoms with E-state index in [0.29, 0.717) is 5.56 Å². The number of hydrogen-bond donors (Lipinski definition) is 2. The molecular weight excluding hydrogens is 292 g/mol. The molecule has 0 fully saturated rings. The van der Waals surface area contributed by atoms with Crippen molar-refractivity contribution in [1.82, 2.24) is 4.98 Å². The van der Waals surface area contributed by atoms with Crippen LogP contribution in [-0.2, 0) is 4.74 Å². The number of aromatic nitrogens is 1. The number of ether oxygens (including phenoxy) is 1. The maximum atomic E-state index is 11.7. The van der Waals surface area contributed by atoms with Crippen molar-refractivity contribution in [2.24, 2.45) is 0 Å². The number of phenols is 1. The average molecular weight is 308 g/mol. The van der Waals surface area contributed by atoms with Crippen LogP contribution in [0, 0.1) is 6.92 Å². The van der Waals surface area contributed by atoms with Crippen molar-refractivity contribution >= 4 is 28.2 Å². The lowest BCUT2D eigenvalue weighted by Crippen LogP contribution is -2.02. The molecule has 3 rings (SSSR count). The number of carbonyl (C=O) groups is 1. The van der Waals surface area contributed by atoms with Gasteiger partial charge in [0.25, 0.3) is 0 Å². The van der Waals surface area contributed by atoms with E-state index >= 15 is 0 Å². The highest BCUT2D eigenvalue weighted by Gasteiger charge is 2.10. The molecule has 0 saturated heterocycles. The van der Waals surface area contributed by atoms with Crippen molar-refractivity contribution in [3.63, 3.8) is 0 Å². The first-order valence-electron chi connectivity index (χ1n) is 7.12. The summed E-state index contributed by atoms with van der Waals surface area (Å²) in [5.41, 5.74) is 3.65. The number of carbonyl (C=O) groups excluding carboxylic acids is 1. The molecule has 23 heavy (non-hydrogen) atoms. The molecule has 0 bridgehead atoms. The van der Waals surface area contributed by atoms with Gasteiger partial charge in [-0.1, -0.05) is 6.07 Å². The SMILES string of the molecule is COC(=O)c1ccc2nc(C)cc(Nc3cccc(O)c3)c2c1. The lowest BCUT2D eigenvalue weighted by molar-refractivity contribution is 0.0601. The Kier molecular flexibility index (Phi) is 3.85. The Hall–Kier alpha value is -3.08. The molecule has 5 nitrogen and oxygen atoms in total. The molecule has 0 aliphatic heterocycles. The highest BCUT2D eigenvalue weighted by atomic mass is 16.5. The largest absolute Gasteiger partial charge is 0.508 e. The van der Waals surface area contributed by atoms with Crippen LogP contribution in [0.1, 0.15) is 16.1 Å². The number of aryl methyl sites for hydroxylation is 1. The molecule has 0 saturated carbocycles. The van der Waals surface area contributed by atoms with Crippen LogP contribution in [0.15, 0.2) is 48.5 Å². The zero-order valence-corrected chi connectivity index (χ0v) is 12.8. The van der Waals surface area contributed by atoms with Gasteiger partial charge in [-0.15, -0.1) is 0 Å². The first-order chi connectivity index (χ1) is 11.1. The van der Waals surface area contributed by atoms with E-state index < -0.39 is 5.97 Å². The van der Waals surface area contributed by atoms with Crippen LogP contribution in [0.25, 0.3) is 10.9 Å². The molecular formula is C18H16N2O3. The molecule has 1 aromatic heterocycles. The fraction of sp³-hybridized carbons (Fsp3) is 0.111. The number of hydrogen-bond acceptors (Lipinski definition) is 5. The third kappa shape index (κ3) is 3.08. The third-order valence-corrected chi connectivity index (χ3v) is 3.48. The standard InChI is InChI=1S/C18H16N2O3/c1-11-8-17(20-13-4-3-5-14(21)10-13)15-9-12(18(22)23-2)6-7-16(15)19-11/h3-10,21H,1-2H3,(H,19,20). The maximum Gasteiger partial charge on any atom is 0.337 e.